The molecule has 3 nitrogen and oxygen atoms in total. The van der Waals surface area contributed by atoms with Gasteiger partial charge in [-0.25, -0.2) is 0 Å². The molecule has 0 bridgehead atoms. The van der Waals surface area contributed by atoms with Gasteiger partial charge in [0.05, 0.1) is 10.0 Å². The van der Waals surface area contributed by atoms with Gasteiger partial charge < -0.3 is 5.11 Å². The Balaban J connectivity index is 2.73. The van der Waals surface area contributed by atoms with Crippen LogP contribution in [0.4, 0.5) is 0 Å². The van der Waals surface area contributed by atoms with E-state index in [4.69, 9.17) is 46.4 Å². The fourth-order valence-electron chi connectivity index (χ4n) is 1.65. The van der Waals surface area contributed by atoms with Crippen molar-refractivity contribution in [3.05, 3.63) is 71.8 Å². The molecule has 0 amide bonds. The van der Waals surface area contributed by atoms with Gasteiger partial charge in [0.15, 0.2) is 11.2 Å². The largest absolute Gasteiger partial charge is 0.505 e. The smallest absolute Gasteiger partial charge is 0.200 e. The lowest BCUT2D eigenvalue weighted by atomic mass is 10.0. The molecular formula is C14H6Cl4O3. The van der Waals surface area contributed by atoms with Gasteiger partial charge in [-0.15, -0.1) is 0 Å². The maximum Gasteiger partial charge on any atom is 0.200 e. The molecule has 0 saturated carbocycles. The molecule has 0 atom stereocenters. The molecular weight excluding hydrogens is 358 g/mol. The van der Waals surface area contributed by atoms with Crippen molar-refractivity contribution in [1.82, 2.24) is 0 Å². The summed E-state index contributed by atoms with van der Waals surface area (Å²) in [6, 6.07) is 6.75. The van der Waals surface area contributed by atoms with Gasteiger partial charge in [-0.1, -0.05) is 46.4 Å². The second kappa shape index (κ2) is 6.24. The molecule has 0 aromatic heterocycles. The van der Waals surface area contributed by atoms with Crippen LogP contribution in [0.15, 0.2) is 35.1 Å². The van der Waals surface area contributed by atoms with Gasteiger partial charge in [-0.3, -0.25) is 9.59 Å². The maximum atomic E-state index is 12.4. The van der Waals surface area contributed by atoms with Gasteiger partial charge in [-0.05, 0) is 24.3 Å². The van der Waals surface area contributed by atoms with Crippen molar-refractivity contribution >= 4 is 52.2 Å². The summed E-state index contributed by atoms with van der Waals surface area (Å²) in [6.07, 6.45) is 0. The summed E-state index contributed by atoms with van der Waals surface area (Å²) in [5.41, 5.74) is -1.12. The first-order chi connectivity index (χ1) is 9.82. The minimum atomic E-state index is -0.786. The van der Waals surface area contributed by atoms with E-state index in [9.17, 15) is 14.7 Å². The van der Waals surface area contributed by atoms with Crippen molar-refractivity contribution in [2.75, 3.05) is 0 Å². The Morgan fingerprint density at radius 3 is 2.10 bits per heavy atom. The monoisotopic (exact) mass is 362 g/mol. The Hall–Kier alpha value is -1.26. The predicted molar refractivity (Wildman–Crippen MR) is 84.3 cm³/mol. The molecule has 108 valence electrons. The predicted octanol–water partition coefficient (Wildman–Crippen LogP) is 4.60. The number of carbonyl (C=O) groups is 1. The summed E-state index contributed by atoms with van der Waals surface area (Å²) in [7, 11) is 0. The Kier molecular flexibility index (Phi) is 4.79. The highest BCUT2D eigenvalue weighted by atomic mass is 35.5. The lowest BCUT2D eigenvalue weighted by Crippen LogP contribution is -2.13. The van der Waals surface area contributed by atoms with Crippen molar-refractivity contribution in [3.8, 4) is 5.75 Å². The SMILES string of the molecule is O=C(c1ccc(Cl)cc1)c1c(O)c(Cl)c(Cl)c(Cl)cc1=O. The molecule has 0 aliphatic carbocycles. The molecule has 0 spiro atoms. The Bertz CT molecular complexity index is 786. The topological polar surface area (TPSA) is 54.4 Å². The van der Waals surface area contributed by atoms with Crippen LogP contribution in [0.2, 0.25) is 20.1 Å². The highest BCUT2D eigenvalue weighted by molar-refractivity contribution is 6.48. The van der Waals surface area contributed by atoms with Crippen LogP contribution in [0, 0.1) is 0 Å². The van der Waals surface area contributed by atoms with Crippen molar-refractivity contribution in [2.24, 2.45) is 0 Å². The molecule has 0 fully saturated rings. The Labute approximate surface area is 139 Å². The minimum absolute atomic E-state index is 0.155. The summed E-state index contributed by atoms with van der Waals surface area (Å²) in [5.74, 6) is -1.42. The number of rotatable bonds is 2. The molecule has 21 heavy (non-hydrogen) atoms. The van der Waals surface area contributed by atoms with Gasteiger partial charge >= 0.3 is 0 Å². The van der Waals surface area contributed by atoms with E-state index in [0.717, 1.165) is 6.07 Å². The molecule has 2 rings (SSSR count). The van der Waals surface area contributed by atoms with Crippen molar-refractivity contribution < 1.29 is 9.90 Å². The first kappa shape index (κ1) is 16.1. The van der Waals surface area contributed by atoms with Crippen LogP contribution in [0.5, 0.6) is 5.75 Å². The molecule has 0 saturated heterocycles. The third kappa shape index (κ3) is 3.16. The van der Waals surface area contributed by atoms with E-state index in [1.54, 1.807) is 0 Å². The second-order valence-electron chi connectivity index (χ2n) is 4.04. The summed E-state index contributed by atoms with van der Waals surface area (Å²) in [6.45, 7) is 0. The third-order valence-corrected chi connectivity index (χ3v) is 4.19. The first-order valence-electron chi connectivity index (χ1n) is 5.54. The maximum absolute atomic E-state index is 12.4. The van der Waals surface area contributed by atoms with E-state index in [2.05, 4.69) is 0 Å². The summed E-state index contributed by atoms with van der Waals surface area (Å²) in [5, 5.41) is 9.72. The molecule has 2 aromatic rings. The molecule has 1 N–H and O–H groups in total. The van der Waals surface area contributed by atoms with Gasteiger partial charge in [0.2, 0.25) is 5.78 Å². The summed E-state index contributed by atoms with van der Waals surface area (Å²) in [4.78, 5) is 24.4. The van der Waals surface area contributed by atoms with E-state index in [1.807, 2.05) is 0 Å². The molecule has 0 aliphatic rings. The van der Waals surface area contributed by atoms with Crippen molar-refractivity contribution in [1.29, 1.82) is 0 Å². The number of halogens is 4. The van der Waals surface area contributed by atoms with Crippen LogP contribution in [0.3, 0.4) is 0 Å². The van der Waals surface area contributed by atoms with Crippen LogP contribution < -0.4 is 5.43 Å². The van der Waals surface area contributed by atoms with Crippen LogP contribution >= 0.6 is 46.4 Å². The third-order valence-electron chi connectivity index (χ3n) is 2.68. The molecule has 2 aromatic carbocycles. The van der Waals surface area contributed by atoms with Gasteiger partial charge in [0.25, 0.3) is 0 Å². The number of benzene rings is 1. The number of aromatic hydroxyl groups is 1. The summed E-state index contributed by atoms with van der Waals surface area (Å²) >= 11 is 23.1. The normalized spacial score (nSPS) is 10.5. The van der Waals surface area contributed by atoms with Gasteiger partial charge in [-0.2, -0.15) is 0 Å². The van der Waals surface area contributed by atoms with Crippen molar-refractivity contribution in [2.45, 2.75) is 0 Å². The van der Waals surface area contributed by atoms with Crippen molar-refractivity contribution in [3.63, 3.8) is 0 Å². The Morgan fingerprint density at radius 1 is 0.952 bits per heavy atom. The quantitative estimate of drug-likeness (QED) is 0.793. The average Bonchev–Trinajstić information content (AvgIpc) is 2.51. The first-order valence-corrected chi connectivity index (χ1v) is 7.05. The Morgan fingerprint density at radius 2 is 1.52 bits per heavy atom. The number of carbonyl (C=O) groups excluding carboxylic acids is 1. The van der Waals surface area contributed by atoms with Crippen LogP contribution in [0.1, 0.15) is 15.9 Å². The second-order valence-corrected chi connectivity index (χ2v) is 5.64. The van der Waals surface area contributed by atoms with Gasteiger partial charge in [0, 0.05) is 16.7 Å². The summed E-state index contributed by atoms with van der Waals surface area (Å²) < 4.78 is 0. The van der Waals surface area contributed by atoms with E-state index >= 15 is 0 Å². The fourth-order valence-corrected chi connectivity index (χ4v) is 2.36. The molecule has 0 radical (unpaired) electrons. The lowest BCUT2D eigenvalue weighted by Gasteiger charge is -2.02. The van der Waals surface area contributed by atoms with Crippen LogP contribution in [-0.2, 0) is 0 Å². The zero-order valence-corrected chi connectivity index (χ0v) is 13.2. The van der Waals surface area contributed by atoms with Crippen LogP contribution in [-0.4, -0.2) is 10.9 Å². The lowest BCUT2D eigenvalue weighted by molar-refractivity contribution is 0.103. The number of hydrogen-bond donors (Lipinski definition) is 1. The van der Waals surface area contributed by atoms with E-state index in [-0.39, 0.29) is 20.6 Å². The molecule has 0 unspecified atom stereocenters. The van der Waals surface area contributed by atoms with E-state index in [0.29, 0.717) is 5.02 Å². The highest BCUT2D eigenvalue weighted by Crippen LogP contribution is 2.36. The highest BCUT2D eigenvalue weighted by Gasteiger charge is 2.21. The number of hydrogen-bond acceptors (Lipinski definition) is 3. The van der Waals surface area contributed by atoms with Gasteiger partial charge in [0.1, 0.15) is 10.6 Å². The molecule has 7 heteroatoms. The van der Waals surface area contributed by atoms with Crippen LogP contribution in [0.25, 0.3) is 0 Å². The zero-order chi connectivity index (χ0) is 15.7. The zero-order valence-electron chi connectivity index (χ0n) is 10.2. The van der Waals surface area contributed by atoms with E-state index < -0.39 is 22.5 Å². The average molecular weight is 364 g/mol. The molecule has 0 heterocycles. The minimum Gasteiger partial charge on any atom is -0.505 e. The fraction of sp³-hybridized carbons (Fsp3) is 0. The molecule has 0 aliphatic heterocycles. The standard InChI is InChI=1S/C14H6Cl4O3/c15-7-3-1-6(2-4-7)13(20)10-9(19)5-8(16)11(17)12(18)14(10)21/h1-5,21H. The number of ketones is 1. The van der Waals surface area contributed by atoms with E-state index in [1.165, 1.54) is 24.3 Å².